The summed E-state index contributed by atoms with van der Waals surface area (Å²) >= 11 is 2.93. The molecule has 0 aliphatic carbocycles. The Balaban J connectivity index is 2.32. The molecule has 7 heteroatoms. The van der Waals surface area contributed by atoms with Crippen LogP contribution >= 0.6 is 15.9 Å². The molecule has 4 nitrogen and oxygen atoms in total. The van der Waals surface area contributed by atoms with E-state index in [2.05, 4.69) is 26.2 Å². The molecule has 2 aromatic rings. The number of anilines is 2. The SMILES string of the molecule is Cc1ncc(N)cc1C(=O)Nc1cc(Br)c(F)cc1F. The third-order valence-corrected chi connectivity index (χ3v) is 3.22. The molecule has 20 heavy (non-hydrogen) atoms. The first-order chi connectivity index (χ1) is 9.38. The van der Waals surface area contributed by atoms with E-state index < -0.39 is 17.5 Å². The van der Waals surface area contributed by atoms with Gasteiger partial charge >= 0.3 is 0 Å². The minimum absolute atomic E-state index is 0.0524. The molecule has 0 radical (unpaired) electrons. The van der Waals surface area contributed by atoms with Gasteiger partial charge in [-0.25, -0.2) is 8.78 Å². The summed E-state index contributed by atoms with van der Waals surface area (Å²) in [7, 11) is 0. The van der Waals surface area contributed by atoms with Gasteiger partial charge in [0, 0.05) is 6.07 Å². The van der Waals surface area contributed by atoms with E-state index in [4.69, 9.17) is 5.73 Å². The van der Waals surface area contributed by atoms with Crippen molar-refractivity contribution in [1.29, 1.82) is 0 Å². The van der Waals surface area contributed by atoms with Gasteiger partial charge in [-0.15, -0.1) is 0 Å². The molecule has 0 aliphatic rings. The lowest BCUT2D eigenvalue weighted by Crippen LogP contribution is -2.15. The van der Waals surface area contributed by atoms with E-state index in [0.29, 0.717) is 17.4 Å². The van der Waals surface area contributed by atoms with Crippen molar-refractivity contribution in [2.24, 2.45) is 0 Å². The van der Waals surface area contributed by atoms with Crippen molar-refractivity contribution in [3.05, 3.63) is 51.8 Å². The third kappa shape index (κ3) is 2.93. The summed E-state index contributed by atoms with van der Waals surface area (Å²) in [6.07, 6.45) is 1.42. The first kappa shape index (κ1) is 14.4. The highest BCUT2D eigenvalue weighted by molar-refractivity contribution is 9.10. The molecule has 3 N–H and O–H groups in total. The van der Waals surface area contributed by atoms with Crippen molar-refractivity contribution >= 4 is 33.2 Å². The predicted molar refractivity (Wildman–Crippen MR) is 75.4 cm³/mol. The van der Waals surface area contributed by atoms with Crippen LogP contribution in [0.5, 0.6) is 0 Å². The molecule has 104 valence electrons. The van der Waals surface area contributed by atoms with E-state index in [1.165, 1.54) is 12.3 Å². The number of nitrogens with one attached hydrogen (secondary N) is 1. The minimum Gasteiger partial charge on any atom is -0.397 e. The second kappa shape index (κ2) is 5.54. The van der Waals surface area contributed by atoms with Gasteiger partial charge in [0.25, 0.3) is 5.91 Å². The van der Waals surface area contributed by atoms with E-state index >= 15 is 0 Å². The summed E-state index contributed by atoms with van der Waals surface area (Å²) in [5.74, 6) is -2.18. The quantitative estimate of drug-likeness (QED) is 0.823. The van der Waals surface area contributed by atoms with Crippen LogP contribution in [0.3, 0.4) is 0 Å². The second-order valence-corrected chi connectivity index (χ2v) is 4.96. The summed E-state index contributed by atoms with van der Waals surface area (Å²) in [6.45, 7) is 1.63. The summed E-state index contributed by atoms with van der Waals surface area (Å²) in [5, 5.41) is 2.36. The maximum absolute atomic E-state index is 13.6. The number of nitrogen functional groups attached to an aromatic ring is 1. The zero-order valence-corrected chi connectivity index (χ0v) is 12.0. The summed E-state index contributed by atoms with van der Waals surface area (Å²) < 4.78 is 26.7. The van der Waals surface area contributed by atoms with Crippen molar-refractivity contribution < 1.29 is 13.6 Å². The number of aromatic nitrogens is 1. The maximum Gasteiger partial charge on any atom is 0.257 e. The van der Waals surface area contributed by atoms with Crippen molar-refractivity contribution in [2.45, 2.75) is 6.92 Å². The van der Waals surface area contributed by atoms with Crippen LogP contribution in [0, 0.1) is 18.6 Å². The Morgan fingerprint density at radius 3 is 2.70 bits per heavy atom. The number of benzene rings is 1. The number of aryl methyl sites for hydroxylation is 1. The number of nitrogens with zero attached hydrogens (tertiary/aromatic N) is 1. The fourth-order valence-electron chi connectivity index (χ4n) is 1.59. The topological polar surface area (TPSA) is 68.0 Å². The second-order valence-electron chi connectivity index (χ2n) is 4.10. The lowest BCUT2D eigenvalue weighted by Gasteiger charge is -2.09. The van der Waals surface area contributed by atoms with Gasteiger partial charge in [0.2, 0.25) is 0 Å². The van der Waals surface area contributed by atoms with E-state index in [-0.39, 0.29) is 15.7 Å². The molecular weight excluding hydrogens is 332 g/mol. The van der Waals surface area contributed by atoms with Crippen molar-refractivity contribution in [3.8, 4) is 0 Å². The van der Waals surface area contributed by atoms with Crippen LogP contribution in [0.15, 0.2) is 28.9 Å². The first-order valence-electron chi connectivity index (χ1n) is 5.56. The molecule has 2 rings (SSSR count). The fraction of sp³-hybridized carbons (Fsp3) is 0.0769. The fourth-order valence-corrected chi connectivity index (χ4v) is 1.93. The largest absolute Gasteiger partial charge is 0.397 e. The van der Waals surface area contributed by atoms with Crippen LogP contribution in [0.2, 0.25) is 0 Å². The van der Waals surface area contributed by atoms with E-state index in [9.17, 15) is 13.6 Å². The lowest BCUT2D eigenvalue weighted by atomic mass is 10.1. The van der Waals surface area contributed by atoms with Crippen LogP contribution in [0.4, 0.5) is 20.2 Å². The number of carbonyl (C=O) groups is 1. The smallest absolute Gasteiger partial charge is 0.257 e. The Hall–Kier alpha value is -2.02. The van der Waals surface area contributed by atoms with Gasteiger partial charge in [-0.05, 0) is 35.0 Å². The third-order valence-electron chi connectivity index (χ3n) is 2.61. The molecule has 0 unspecified atom stereocenters. The highest BCUT2D eigenvalue weighted by atomic mass is 79.9. The maximum atomic E-state index is 13.6. The standard InChI is InChI=1S/C13H10BrF2N3O/c1-6-8(2-7(17)5-18-6)13(20)19-12-3-9(14)10(15)4-11(12)16/h2-5H,17H2,1H3,(H,19,20). The van der Waals surface area contributed by atoms with Crippen LogP contribution < -0.4 is 11.1 Å². The first-order valence-corrected chi connectivity index (χ1v) is 6.36. The Kier molecular flexibility index (Phi) is 3.99. The summed E-state index contributed by atoms with van der Waals surface area (Å²) in [6, 6.07) is 3.27. The minimum atomic E-state index is -0.867. The number of halogens is 3. The zero-order valence-electron chi connectivity index (χ0n) is 10.4. The highest BCUT2D eigenvalue weighted by Crippen LogP contribution is 2.24. The Morgan fingerprint density at radius 1 is 1.30 bits per heavy atom. The normalized spacial score (nSPS) is 10.4. The highest BCUT2D eigenvalue weighted by Gasteiger charge is 2.15. The van der Waals surface area contributed by atoms with Gasteiger partial charge < -0.3 is 11.1 Å². The average molecular weight is 342 g/mol. The number of amides is 1. The number of nitrogens with two attached hydrogens (primary N) is 1. The summed E-state index contributed by atoms with van der Waals surface area (Å²) in [4.78, 5) is 16.0. The number of rotatable bonds is 2. The van der Waals surface area contributed by atoms with E-state index in [1.807, 2.05) is 0 Å². The van der Waals surface area contributed by atoms with Gasteiger partial charge in [0.05, 0.1) is 33.3 Å². The zero-order chi connectivity index (χ0) is 14.9. The number of carbonyl (C=O) groups excluding carboxylic acids is 1. The molecule has 0 bridgehead atoms. The van der Waals surface area contributed by atoms with E-state index in [0.717, 1.165) is 6.07 Å². The van der Waals surface area contributed by atoms with Gasteiger partial charge in [0.15, 0.2) is 0 Å². The monoisotopic (exact) mass is 341 g/mol. The molecule has 1 aromatic heterocycles. The van der Waals surface area contributed by atoms with Crippen LogP contribution in [-0.2, 0) is 0 Å². The van der Waals surface area contributed by atoms with E-state index in [1.54, 1.807) is 6.92 Å². The lowest BCUT2D eigenvalue weighted by molar-refractivity contribution is 0.102. The van der Waals surface area contributed by atoms with Crippen LogP contribution in [0.25, 0.3) is 0 Å². The molecule has 1 heterocycles. The Labute approximate surface area is 122 Å². The molecule has 0 saturated carbocycles. The van der Waals surface area contributed by atoms with Gasteiger partial charge in [-0.2, -0.15) is 0 Å². The molecular formula is C13H10BrF2N3O. The molecule has 0 spiro atoms. The average Bonchev–Trinajstić information content (AvgIpc) is 2.38. The van der Waals surface area contributed by atoms with Crippen LogP contribution in [-0.4, -0.2) is 10.9 Å². The summed E-state index contributed by atoms with van der Waals surface area (Å²) in [5.41, 5.74) is 6.43. The Morgan fingerprint density at radius 2 is 2.00 bits per heavy atom. The molecule has 0 aliphatic heterocycles. The van der Waals surface area contributed by atoms with Crippen molar-refractivity contribution in [1.82, 2.24) is 4.98 Å². The number of hydrogen-bond donors (Lipinski definition) is 2. The predicted octanol–water partition coefficient (Wildman–Crippen LogP) is 3.27. The number of pyridine rings is 1. The van der Waals surface area contributed by atoms with Gasteiger partial charge in [-0.1, -0.05) is 0 Å². The van der Waals surface area contributed by atoms with Crippen molar-refractivity contribution in [2.75, 3.05) is 11.1 Å². The van der Waals surface area contributed by atoms with Gasteiger partial charge in [0.1, 0.15) is 11.6 Å². The number of hydrogen-bond acceptors (Lipinski definition) is 3. The molecule has 0 fully saturated rings. The molecule has 1 amide bonds. The molecule has 0 atom stereocenters. The molecule has 0 saturated heterocycles. The Bertz CT molecular complexity index is 692. The molecule has 1 aromatic carbocycles. The van der Waals surface area contributed by atoms with Crippen LogP contribution in [0.1, 0.15) is 16.1 Å². The van der Waals surface area contributed by atoms with Gasteiger partial charge in [-0.3, -0.25) is 9.78 Å². The van der Waals surface area contributed by atoms with Crippen molar-refractivity contribution in [3.63, 3.8) is 0 Å².